The summed E-state index contributed by atoms with van der Waals surface area (Å²) in [5.74, 6) is 0.805. The Bertz CT molecular complexity index is 270. The van der Waals surface area contributed by atoms with Crippen molar-refractivity contribution in [3.05, 3.63) is 0 Å². The number of fused-ring (bicyclic) bond motifs is 1. The average Bonchev–Trinajstić information content (AvgIpc) is 2.84. The molecule has 0 bridgehead atoms. The van der Waals surface area contributed by atoms with Crippen LogP contribution >= 0.6 is 0 Å². The molecule has 0 aromatic heterocycles. The molecule has 92 valence electrons. The Labute approximate surface area is 100.0 Å². The van der Waals surface area contributed by atoms with E-state index in [9.17, 15) is 0 Å². The fourth-order valence-electron chi connectivity index (χ4n) is 3.70. The smallest absolute Gasteiger partial charge is 0.0252 e. The molecule has 0 N–H and O–H groups in total. The van der Waals surface area contributed by atoms with E-state index in [1.165, 1.54) is 45.3 Å². The second-order valence-corrected chi connectivity index (χ2v) is 6.75. The minimum atomic E-state index is 0.573. The molecule has 2 aliphatic heterocycles. The monoisotopic (exact) mass is 222 g/mol. The first kappa shape index (κ1) is 11.0. The van der Waals surface area contributed by atoms with Gasteiger partial charge in [0, 0.05) is 30.7 Å². The van der Waals surface area contributed by atoms with Crippen LogP contribution in [-0.2, 0) is 0 Å². The lowest BCUT2D eigenvalue weighted by atomic mass is 9.95. The summed E-state index contributed by atoms with van der Waals surface area (Å²) < 4.78 is 0. The van der Waals surface area contributed by atoms with Crippen LogP contribution in [0.5, 0.6) is 0 Å². The van der Waals surface area contributed by atoms with Crippen LogP contribution in [0.2, 0.25) is 0 Å². The summed E-state index contributed by atoms with van der Waals surface area (Å²) in [6.07, 6.45) is 5.74. The fraction of sp³-hybridized carbons (Fsp3) is 1.00. The Hall–Kier alpha value is -0.0800. The maximum atomic E-state index is 2.87. The van der Waals surface area contributed by atoms with E-state index in [1.807, 2.05) is 0 Å². The van der Waals surface area contributed by atoms with Crippen LogP contribution in [-0.4, -0.2) is 47.1 Å². The second-order valence-electron chi connectivity index (χ2n) is 6.75. The molecule has 2 heteroatoms. The first-order valence-corrected chi connectivity index (χ1v) is 7.11. The van der Waals surface area contributed by atoms with Gasteiger partial charge in [-0.1, -0.05) is 13.8 Å². The first-order valence-electron chi connectivity index (χ1n) is 7.11. The highest BCUT2D eigenvalue weighted by molar-refractivity contribution is 5.06. The van der Waals surface area contributed by atoms with Crippen LogP contribution in [0.4, 0.5) is 0 Å². The molecule has 2 unspecified atom stereocenters. The van der Waals surface area contributed by atoms with Gasteiger partial charge < -0.3 is 0 Å². The van der Waals surface area contributed by atoms with Crippen LogP contribution in [0, 0.1) is 5.92 Å². The standard InChI is InChI=1S/C14H26N2/c1-11(2)13-10-15-8-4-5-12(15)9-16(13)14(3)6-7-14/h11-13H,4-10H2,1-3H3. The topological polar surface area (TPSA) is 6.48 Å². The molecule has 16 heavy (non-hydrogen) atoms. The van der Waals surface area contributed by atoms with Crippen molar-refractivity contribution in [2.75, 3.05) is 19.6 Å². The summed E-state index contributed by atoms with van der Waals surface area (Å²) in [6, 6.07) is 1.69. The van der Waals surface area contributed by atoms with E-state index >= 15 is 0 Å². The van der Waals surface area contributed by atoms with Gasteiger partial charge in [0.2, 0.25) is 0 Å². The van der Waals surface area contributed by atoms with Gasteiger partial charge in [-0.2, -0.15) is 0 Å². The predicted molar refractivity (Wildman–Crippen MR) is 67.6 cm³/mol. The third-order valence-electron chi connectivity index (χ3n) is 5.16. The summed E-state index contributed by atoms with van der Waals surface area (Å²) in [5.41, 5.74) is 0.573. The fourth-order valence-corrected chi connectivity index (χ4v) is 3.70. The van der Waals surface area contributed by atoms with E-state index in [0.29, 0.717) is 5.54 Å². The van der Waals surface area contributed by atoms with Crippen LogP contribution < -0.4 is 0 Å². The van der Waals surface area contributed by atoms with Crippen LogP contribution in [0.15, 0.2) is 0 Å². The zero-order valence-corrected chi connectivity index (χ0v) is 11.1. The maximum Gasteiger partial charge on any atom is 0.0252 e. The lowest BCUT2D eigenvalue weighted by molar-refractivity contribution is -0.00383. The molecule has 1 saturated carbocycles. The van der Waals surface area contributed by atoms with Crippen LogP contribution in [0.3, 0.4) is 0 Å². The first-order chi connectivity index (χ1) is 7.60. The van der Waals surface area contributed by atoms with Crippen molar-refractivity contribution >= 4 is 0 Å². The van der Waals surface area contributed by atoms with Gasteiger partial charge >= 0.3 is 0 Å². The molecule has 0 spiro atoms. The SMILES string of the molecule is CC(C)C1CN2CCCC2CN1C1(C)CC1. The molecule has 2 heterocycles. The minimum absolute atomic E-state index is 0.573. The van der Waals surface area contributed by atoms with Gasteiger partial charge in [0.05, 0.1) is 0 Å². The van der Waals surface area contributed by atoms with Crippen molar-refractivity contribution in [3.8, 4) is 0 Å². The summed E-state index contributed by atoms with van der Waals surface area (Å²) in [6.45, 7) is 11.3. The van der Waals surface area contributed by atoms with Crippen molar-refractivity contribution in [2.45, 2.75) is 64.1 Å². The summed E-state index contributed by atoms with van der Waals surface area (Å²) in [7, 11) is 0. The molecule has 3 rings (SSSR count). The molecular formula is C14H26N2. The molecule has 0 radical (unpaired) electrons. The third kappa shape index (κ3) is 1.70. The highest BCUT2D eigenvalue weighted by atomic mass is 15.4. The Kier molecular flexibility index (Phi) is 2.56. The number of piperazine rings is 1. The minimum Gasteiger partial charge on any atom is -0.298 e. The van der Waals surface area contributed by atoms with Crippen LogP contribution in [0.1, 0.15) is 46.5 Å². The van der Waals surface area contributed by atoms with Gasteiger partial charge in [0.25, 0.3) is 0 Å². The zero-order valence-electron chi connectivity index (χ0n) is 11.1. The maximum absolute atomic E-state index is 2.87. The van der Waals surface area contributed by atoms with Crippen LogP contribution in [0.25, 0.3) is 0 Å². The average molecular weight is 222 g/mol. The molecule has 1 aliphatic carbocycles. The normalized spacial score (nSPS) is 39.0. The van der Waals surface area contributed by atoms with Gasteiger partial charge in [-0.25, -0.2) is 0 Å². The van der Waals surface area contributed by atoms with Crippen molar-refractivity contribution < 1.29 is 0 Å². The summed E-state index contributed by atoms with van der Waals surface area (Å²) in [5, 5.41) is 0. The molecule has 2 saturated heterocycles. The Balaban J connectivity index is 1.78. The molecule has 0 aromatic rings. The van der Waals surface area contributed by atoms with Gasteiger partial charge in [0.1, 0.15) is 0 Å². The van der Waals surface area contributed by atoms with E-state index in [0.717, 1.165) is 18.0 Å². The molecule has 2 nitrogen and oxygen atoms in total. The lowest BCUT2D eigenvalue weighted by Gasteiger charge is -2.48. The predicted octanol–water partition coefficient (Wildman–Crippen LogP) is 2.34. The molecule has 0 aromatic carbocycles. The third-order valence-corrected chi connectivity index (χ3v) is 5.16. The van der Waals surface area contributed by atoms with Crippen molar-refractivity contribution in [1.82, 2.24) is 9.80 Å². The van der Waals surface area contributed by atoms with Gasteiger partial charge in [-0.05, 0) is 45.1 Å². The Morgan fingerprint density at radius 3 is 2.56 bits per heavy atom. The molecule has 3 aliphatic rings. The van der Waals surface area contributed by atoms with E-state index in [2.05, 4.69) is 30.6 Å². The Morgan fingerprint density at radius 1 is 1.19 bits per heavy atom. The van der Waals surface area contributed by atoms with E-state index in [-0.39, 0.29) is 0 Å². The van der Waals surface area contributed by atoms with Crippen molar-refractivity contribution in [1.29, 1.82) is 0 Å². The van der Waals surface area contributed by atoms with Gasteiger partial charge in [0.15, 0.2) is 0 Å². The molecule has 0 amide bonds. The highest BCUT2D eigenvalue weighted by Crippen LogP contribution is 2.45. The highest BCUT2D eigenvalue weighted by Gasteiger charge is 2.50. The molecule has 3 fully saturated rings. The molecular weight excluding hydrogens is 196 g/mol. The lowest BCUT2D eigenvalue weighted by Crippen LogP contribution is -2.60. The Morgan fingerprint density at radius 2 is 1.94 bits per heavy atom. The van der Waals surface area contributed by atoms with E-state index in [1.54, 1.807) is 0 Å². The largest absolute Gasteiger partial charge is 0.298 e. The number of hydrogen-bond acceptors (Lipinski definition) is 2. The van der Waals surface area contributed by atoms with Gasteiger partial charge in [-0.3, -0.25) is 9.80 Å². The number of hydrogen-bond donors (Lipinski definition) is 0. The quantitative estimate of drug-likeness (QED) is 0.707. The van der Waals surface area contributed by atoms with Crippen molar-refractivity contribution in [2.24, 2.45) is 5.92 Å². The zero-order chi connectivity index (χ0) is 11.3. The van der Waals surface area contributed by atoms with Crippen molar-refractivity contribution in [3.63, 3.8) is 0 Å². The van der Waals surface area contributed by atoms with E-state index < -0.39 is 0 Å². The van der Waals surface area contributed by atoms with E-state index in [4.69, 9.17) is 0 Å². The summed E-state index contributed by atoms with van der Waals surface area (Å²) in [4.78, 5) is 5.62. The number of nitrogens with zero attached hydrogens (tertiary/aromatic N) is 2. The van der Waals surface area contributed by atoms with Gasteiger partial charge in [-0.15, -0.1) is 0 Å². The summed E-state index contributed by atoms with van der Waals surface area (Å²) >= 11 is 0. The number of rotatable bonds is 2. The molecule has 2 atom stereocenters. The second kappa shape index (κ2) is 3.71.